The van der Waals surface area contributed by atoms with E-state index >= 15 is 0 Å². The van der Waals surface area contributed by atoms with Crippen molar-refractivity contribution in [3.8, 4) is 5.75 Å². The Balaban J connectivity index is 2.53. The minimum absolute atomic E-state index is 0.0270. The van der Waals surface area contributed by atoms with Crippen molar-refractivity contribution in [1.82, 2.24) is 4.90 Å². The number of methoxy groups -OCH3 is 1. The van der Waals surface area contributed by atoms with Gasteiger partial charge < -0.3 is 14.6 Å². The molecule has 0 aliphatic rings. The second-order valence-corrected chi connectivity index (χ2v) is 5.36. The van der Waals surface area contributed by atoms with Gasteiger partial charge in [-0.25, -0.2) is 0 Å². The normalized spacial score (nSPS) is 14.6. The molecule has 2 unspecified atom stereocenters. The summed E-state index contributed by atoms with van der Waals surface area (Å²) in [5.74, 6) is 0.798. The van der Waals surface area contributed by atoms with Crippen molar-refractivity contribution < 1.29 is 14.6 Å². The first-order valence-corrected chi connectivity index (χ1v) is 7.09. The molecule has 0 saturated carbocycles. The van der Waals surface area contributed by atoms with Crippen LogP contribution < -0.4 is 4.74 Å². The highest BCUT2D eigenvalue weighted by Gasteiger charge is 2.20. The van der Waals surface area contributed by atoms with Crippen molar-refractivity contribution in [3.63, 3.8) is 0 Å². The summed E-state index contributed by atoms with van der Waals surface area (Å²) in [7, 11) is 3.64. The molecule has 2 atom stereocenters. The van der Waals surface area contributed by atoms with Gasteiger partial charge in [-0.15, -0.1) is 0 Å². The molecule has 0 bridgehead atoms. The standard InChI is InChI=1S/C16H27NO3/c1-12(2)20-11-10-17(4)13(3)16(18)14-6-8-15(19-5)9-7-14/h6-9,12-13,16,18H,10-11H2,1-5H3. The fourth-order valence-electron chi connectivity index (χ4n) is 1.96. The molecule has 20 heavy (non-hydrogen) atoms. The third kappa shape index (κ3) is 5.12. The fourth-order valence-corrected chi connectivity index (χ4v) is 1.96. The minimum Gasteiger partial charge on any atom is -0.497 e. The van der Waals surface area contributed by atoms with Crippen molar-refractivity contribution in [2.75, 3.05) is 27.3 Å². The van der Waals surface area contributed by atoms with Gasteiger partial charge in [0.05, 0.1) is 25.9 Å². The zero-order chi connectivity index (χ0) is 15.1. The minimum atomic E-state index is -0.523. The summed E-state index contributed by atoms with van der Waals surface area (Å²) in [6.07, 6.45) is -0.282. The molecular weight excluding hydrogens is 254 g/mol. The molecule has 1 aromatic rings. The molecule has 4 heteroatoms. The zero-order valence-electron chi connectivity index (χ0n) is 13.2. The molecule has 0 saturated heterocycles. The lowest BCUT2D eigenvalue weighted by Gasteiger charge is -2.29. The first kappa shape index (κ1) is 17.0. The summed E-state index contributed by atoms with van der Waals surface area (Å²) in [4.78, 5) is 2.11. The van der Waals surface area contributed by atoms with Crippen molar-refractivity contribution in [3.05, 3.63) is 29.8 Å². The molecule has 0 fully saturated rings. The van der Waals surface area contributed by atoms with Gasteiger partial charge in [0.15, 0.2) is 0 Å². The smallest absolute Gasteiger partial charge is 0.118 e. The number of likely N-dealkylation sites (N-methyl/N-ethyl adjacent to an activating group) is 1. The maximum absolute atomic E-state index is 10.4. The number of aliphatic hydroxyl groups is 1. The number of aliphatic hydroxyl groups excluding tert-OH is 1. The summed E-state index contributed by atoms with van der Waals surface area (Å²) < 4.78 is 10.7. The third-order valence-corrected chi connectivity index (χ3v) is 3.50. The Labute approximate surface area is 122 Å². The van der Waals surface area contributed by atoms with Crippen molar-refractivity contribution in [2.24, 2.45) is 0 Å². The lowest BCUT2D eigenvalue weighted by molar-refractivity contribution is 0.0292. The van der Waals surface area contributed by atoms with E-state index in [9.17, 15) is 5.11 Å². The number of ether oxygens (including phenoxy) is 2. The van der Waals surface area contributed by atoms with Gasteiger partial charge in [-0.2, -0.15) is 0 Å². The van der Waals surface area contributed by atoms with Crippen molar-refractivity contribution in [1.29, 1.82) is 0 Å². The van der Waals surface area contributed by atoms with Crippen LogP contribution in [0.2, 0.25) is 0 Å². The van der Waals surface area contributed by atoms with Gasteiger partial charge in [0.2, 0.25) is 0 Å². The zero-order valence-corrected chi connectivity index (χ0v) is 13.2. The number of hydrogen-bond donors (Lipinski definition) is 1. The number of hydrogen-bond acceptors (Lipinski definition) is 4. The van der Waals surface area contributed by atoms with Gasteiger partial charge in [-0.05, 0) is 45.5 Å². The summed E-state index contributed by atoms with van der Waals surface area (Å²) in [6, 6.07) is 7.57. The molecule has 114 valence electrons. The number of nitrogens with zero attached hydrogens (tertiary/aromatic N) is 1. The first-order chi connectivity index (χ1) is 9.45. The lowest BCUT2D eigenvalue weighted by Crippen LogP contribution is -2.37. The average molecular weight is 281 g/mol. The molecule has 0 heterocycles. The Morgan fingerprint density at radius 3 is 2.25 bits per heavy atom. The lowest BCUT2D eigenvalue weighted by atomic mass is 10.0. The van der Waals surface area contributed by atoms with Crippen LogP contribution in [0.25, 0.3) is 0 Å². The van der Waals surface area contributed by atoms with Gasteiger partial charge >= 0.3 is 0 Å². The van der Waals surface area contributed by atoms with Crippen LogP contribution in [-0.2, 0) is 4.74 Å². The predicted octanol–water partition coefficient (Wildman–Crippen LogP) is 2.47. The van der Waals surface area contributed by atoms with E-state index in [1.165, 1.54) is 0 Å². The average Bonchev–Trinajstić information content (AvgIpc) is 2.45. The van der Waals surface area contributed by atoms with E-state index in [1.807, 2.05) is 52.1 Å². The van der Waals surface area contributed by atoms with E-state index in [0.29, 0.717) is 6.61 Å². The van der Waals surface area contributed by atoms with E-state index in [4.69, 9.17) is 9.47 Å². The largest absolute Gasteiger partial charge is 0.497 e. The van der Waals surface area contributed by atoms with Crippen LogP contribution in [0.1, 0.15) is 32.4 Å². The number of rotatable bonds is 8. The Morgan fingerprint density at radius 1 is 1.15 bits per heavy atom. The quantitative estimate of drug-likeness (QED) is 0.795. The molecule has 1 aromatic carbocycles. The highest BCUT2D eigenvalue weighted by molar-refractivity contribution is 5.28. The summed E-state index contributed by atoms with van der Waals surface area (Å²) in [5.41, 5.74) is 0.898. The van der Waals surface area contributed by atoms with Crippen LogP contribution in [-0.4, -0.2) is 49.5 Å². The second kappa shape index (κ2) is 8.25. The Bertz CT molecular complexity index is 378. The summed E-state index contributed by atoms with van der Waals surface area (Å²) >= 11 is 0. The van der Waals surface area contributed by atoms with E-state index in [-0.39, 0.29) is 12.1 Å². The maximum Gasteiger partial charge on any atom is 0.118 e. The highest BCUT2D eigenvalue weighted by atomic mass is 16.5. The molecule has 0 aliphatic carbocycles. The molecule has 0 aliphatic heterocycles. The van der Waals surface area contributed by atoms with Gasteiger partial charge in [0.25, 0.3) is 0 Å². The molecule has 1 rings (SSSR count). The van der Waals surface area contributed by atoms with Gasteiger partial charge in [0, 0.05) is 12.6 Å². The summed E-state index contributed by atoms with van der Waals surface area (Å²) in [6.45, 7) is 7.54. The molecular formula is C16H27NO3. The first-order valence-electron chi connectivity index (χ1n) is 7.09. The summed E-state index contributed by atoms with van der Waals surface area (Å²) in [5, 5.41) is 10.4. The Kier molecular flexibility index (Phi) is 6.99. The third-order valence-electron chi connectivity index (χ3n) is 3.50. The predicted molar refractivity (Wildman–Crippen MR) is 81.1 cm³/mol. The van der Waals surface area contributed by atoms with E-state index < -0.39 is 6.10 Å². The van der Waals surface area contributed by atoms with Crippen LogP contribution in [0.15, 0.2) is 24.3 Å². The molecule has 0 radical (unpaired) electrons. The fraction of sp³-hybridized carbons (Fsp3) is 0.625. The molecule has 0 aromatic heterocycles. The van der Waals surface area contributed by atoms with Crippen LogP contribution in [0.3, 0.4) is 0 Å². The van der Waals surface area contributed by atoms with Crippen LogP contribution >= 0.6 is 0 Å². The number of benzene rings is 1. The van der Waals surface area contributed by atoms with Crippen molar-refractivity contribution >= 4 is 0 Å². The molecule has 0 amide bonds. The SMILES string of the molecule is COc1ccc(C(O)C(C)N(C)CCOC(C)C)cc1. The van der Waals surface area contributed by atoms with Crippen molar-refractivity contribution in [2.45, 2.75) is 39.0 Å². The molecule has 0 spiro atoms. The molecule has 4 nitrogen and oxygen atoms in total. The monoisotopic (exact) mass is 281 g/mol. The van der Waals surface area contributed by atoms with Gasteiger partial charge in [-0.3, -0.25) is 4.90 Å². The van der Waals surface area contributed by atoms with E-state index in [0.717, 1.165) is 17.9 Å². The second-order valence-electron chi connectivity index (χ2n) is 5.36. The van der Waals surface area contributed by atoms with E-state index in [1.54, 1.807) is 7.11 Å². The van der Waals surface area contributed by atoms with Crippen LogP contribution in [0.4, 0.5) is 0 Å². The Morgan fingerprint density at radius 2 is 1.75 bits per heavy atom. The highest BCUT2D eigenvalue weighted by Crippen LogP contribution is 2.22. The van der Waals surface area contributed by atoms with E-state index in [2.05, 4.69) is 4.90 Å². The topological polar surface area (TPSA) is 41.9 Å². The Hall–Kier alpha value is -1.10. The maximum atomic E-state index is 10.4. The van der Waals surface area contributed by atoms with Gasteiger partial charge in [-0.1, -0.05) is 12.1 Å². The van der Waals surface area contributed by atoms with Crippen LogP contribution in [0.5, 0.6) is 5.75 Å². The van der Waals surface area contributed by atoms with Gasteiger partial charge in [0.1, 0.15) is 5.75 Å². The molecule has 1 N–H and O–H groups in total. The van der Waals surface area contributed by atoms with Crippen LogP contribution in [0, 0.1) is 0 Å².